The minimum atomic E-state index is 0.628. The molecule has 1 saturated heterocycles. The third kappa shape index (κ3) is 2.47. The summed E-state index contributed by atoms with van der Waals surface area (Å²) in [5.41, 5.74) is 2.58. The maximum atomic E-state index is 5.27. The monoisotopic (exact) mass is 258 g/mol. The Morgan fingerprint density at radius 3 is 2.84 bits per heavy atom. The second-order valence-electron chi connectivity index (χ2n) is 5.52. The van der Waals surface area contributed by atoms with E-state index in [-0.39, 0.29) is 0 Å². The average Bonchev–Trinajstić information content (AvgIpc) is 3.08. The van der Waals surface area contributed by atoms with Gasteiger partial charge in [-0.15, -0.1) is 0 Å². The van der Waals surface area contributed by atoms with Crippen molar-refractivity contribution in [1.29, 1.82) is 0 Å². The van der Waals surface area contributed by atoms with Crippen molar-refractivity contribution < 1.29 is 4.74 Å². The summed E-state index contributed by atoms with van der Waals surface area (Å²) < 4.78 is 5.27. The van der Waals surface area contributed by atoms with E-state index in [1.165, 1.54) is 42.4 Å². The molecule has 1 fully saturated rings. The molecule has 0 radical (unpaired) electrons. The quantitative estimate of drug-likeness (QED) is 0.912. The van der Waals surface area contributed by atoms with E-state index in [4.69, 9.17) is 4.74 Å². The van der Waals surface area contributed by atoms with Crippen molar-refractivity contribution in [2.24, 2.45) is 0 Å². The number of likely N-dealkylation sites (tertiary alicyclic amines) is 1. The van der Waals surface area contributed by atoms with Crippen molar-refractivity contribution in [1.82, 2.24) is 9.88 Å². The second kappa shape index (κ2) is 5.25. The highest BCUT2D eigenvalue weighted by Crippen LogP contribution is 2.25. The zero-order valence-corrected chi connectivity index (χ0v) is 11.8. The first-order valence-corrected chi connectivity index (χ1v) is 7.16. The number of nitrogens with one attached hydrogen (secondary N) is 1. The van der Waals surface area contributed by atoms with Gasteiger partial charge in [-0.3, -0.25) is 0 Å². The second-order valence-corrected chi connectivity index (χ2v) is 5.52. The highest BCUT2D eigenvalue weighted by Gasteiger charge is 2.19. The Morgan fingerprint density at radius 1 is 1.32 bits per heavy atom. The van der Waals surface area contributed by atoms with Gasteiger partial charge in [-0.2, -0.15) is 0 Å². The molecule has 0 aliphatic carbocycles. The molecule has 1 atom stereocenters. The van der Waals surface area contributed by atoms with Gasteiger partial charge in [0.05, 0.1) is 7.11 Å². The van der Waals surface area contributed by atoms with Crippen LogP contribution in [0.4, 0.5) is 0 Å². The van der Waals surface area contributed by atoms with Crippen LogP contribution >= 0.6 is 0 Å². The van der Waals surface area contributed by atoms with E-state index in [0.717, 1.165) is 12.2 Å². The minimum Gasteiger partial charge on any atom is -0.497 e. The number of hydrogen-bond acceptors (Lipinski definition) is 2. The molecule has 2 heterocycles. The fourth-order valence-electron chi connectivity index (χ4n) is 3.09. The van der Waals surface area contributed by atoms with Crippen molar-refractivity contribution in [3.63, 3.8) is 0 Å². The lowest BCUT2D eigenvalue weighted by Gasteiger charge is -2.23. The Morgan fingerprint density at radius 2 is 2.11 bits per heavy atom. The van der Waals surface area contributed by atoms with Gasteiger partial charge in [-0.05, 0) is 57.0 Å². The van der Waals surface area contributed by atoms with Crippen molar-refractivity contribution in [2.75, 3.05) is 20.2 Å². The van der Waals surface area contributed by atoms with Crippen LogP contribution in [0, 0.1) is 0 Å². The normalized spacial score (nSPS) is 18.0. The molecular weight excluding hydrogens is 236 g/mol. The van der Waals surface area contributed by atoms with Crippen LogP contribution in [-0.4, -0.2) is 36.1 Å². The zero-order chi connectivity index (χ0) is 13.2. The highest BCUT2D eigenvalue weighted by molar-refractivity contribution is 5.84. The summed E-state index contributed by atoms with van der Waals surface area (Å²) in [6.07, 6.45) is 5.98. The van der Waals surface area contributed by atoms with Gasteiger partial charge < -0.3 is 14.6 Å². The number of fused-ring (bicyclic) bond motifs is 1. The van der Waals surface area contributed by atoms with Crippen LogP contribution in [0.15, 0.2) is 24.4 Å². The smallest absolute Gasteiger partial charge is 0.120 e. The zero-order valence-electron chi connectivity index (χ0n) is 11.8. The lowest BCUT2D eigenvalue weighted by Crippen LogP contribution is -2.31. The lowest BCUT2D eigenvalue weighted by molar-refractivity contribution is 0.258. The molecule has 3 nitrogen and oxygen atoms in total. The van der Waals surface area contributed by atoms with Crippen LogP contribution in [0.2, 0.25) is 0 Å². The molecule has 1 aliphatic rings. The summed E-state index contributed by atoms with van der Waals surface area (Å²) in [4.78, 5) is 5.96. The van der Waals surface area contributed by atoms with Crippen LogP contribution in [0.5, 0.6) is 5.75 Å². The molecule has 1 aromatic carbocycles. The SMILES string of the molecule is COc1ccc2c(C[C@@H](C)N3CCCC3)c[nH]c2c1. The summed E-state index contributed by atoms with van der Waals surface area (Å²) in [6, 6.07) is 6.90. The summed E-state index contributed by atoms with van der Waals surface area (Å²) in [7, 11) is 1.71. The van der Waals surface area contributed by atoms with Crippen molar-refractivity contribution in [3.8, 4) is 5.75 Å². The molecule has 19 heavy (non-hydrogen) atoms. The molecule has 1 N–H and O–H groups in total. The number of methoxy groups -OCH3 is 1. The van der Waals surface area contributed by atoms with Crippen molar-refractivity contribution >= 4 is 10.9 Å². The summed E-state index contributed by atoms with van der Waals surface area (Å²) in [6.45, 7) is 4.86. The number of rotatable bonds is 4. The molecule has 0 saturated carbocycles. The highest BCUT2D eigenvalue weighted by atomic mass is 16.5. The van der Waals surface area contributed by atoms with E-state index >= 15 is 0 Å². The van der Waals surface area contributed by atoms with E-state index in [1.54, 1.807) is 7.11 Å². The Hall–Kier alpha value is -1.48. The molecule has 0 bridgehead atoms. The predicted octanol–water partition coefficient (Wildman–Crippen LogP) is 3.20. The fourth-order valence-corrected chi connectivity index (χ4v) is 3.09. The Kier molecular flexibility index (Phi) is 3.47. The van der Waals surface area contributed by atoms with E-state index in [0.29, 0.717) is 6.04 Å². The van der Waals surface area contributed by atoms with Gasteiger partial charge in [0.15, 0.2) is 0 Å². The fraction of sp³-hybridized carbons (Fsp3) is 0.500. The van der Waals surface area contributed by atoms with Crippen LogP contribution < -0.4 is 4.74 Å². The van der Waals surface area contributed by atoms with Crippen LogP contribution in [0.25, 0.3) is 10.9 Å². The molecular formula is C16H22N2O. The first kappa shape index (κ1) is 12.5. The number of hydrogen-bond donors (Lipinski definition) is 1. The van der Waals surface area contributed by atoms with E-state index in [1.807, 2.05) is 6.07 Å². The largest absolute Gasteiger partial charge is 0.497 e. The number of ether oxygens (including phenoxy) is 1. The first-order chi connectivity index (χ1) is 9.28. The molecule has 1 aliphatic heterocycles. The minimum absolute atomic E-state index is 0.628. The van der Waals surface area contributed by atoms with Gasteiger partial charge >= 0.3 is 0 Å². The molecule has 2 aromatic rings. The van der Waals surface area contributed by atoms with E-state index < -0.39 is 0 Å². The van der Waals surface area contributed by atoms with E-state index in [9.17, 15) is 0 Å². The predicted molar refractivity (Wildman–Crippen MR) is 78.8 cm³/mol. The molecule has 3 heteroatoms. The number of benzene rings is 1. The topological polar surface area (TPSA) is 28.3 Å². The van der Waals surface area contributed by atoms with E-state index in [2.05, 4.69) is 35.1 Å². The number of nitrogens with zero attached hydrogens (tertiary/aromatic N) is 1. The molecule has 0 spiro atoms. The number of aromatic nitrogens is 1. The summed E-state index contributed by atoms with van der Waals surface area (Å²) in [5, 5.41) is 1.33. The Balaban J connectivity index is 1.80. The van der Waals surface area contributed by atoms with Crippen LogP contribution in [-0.2, 0) is 6.42 Å². The van der Waals surface area contributed by atoms with Crippen molar-refractivity contribution in [3.05, 3.63) is 30.0 Å². The summed E-state index contributed by atoms with van der Waals surface area (Å²) in [5.74, 6) is 0.911. The molecule has 0 unspecified atom stereocenters. The standard InChI is InChI=1S/C16H22N2O/c1-12(18-7-3-4-8-18)9-13-11-17-16-10-14(19-2)5-6-15(13)16/h5-6,10-12,17H,3-4,7-9H2,1-2H3/t12-/m1/s1. The molecule has 0 amide bonds. The molecule has 102 valence electrons. The first-order valence-electron chi connectivity index (χ1n) is 7.16. The van der Waals surface area contributed by atoms with Gasteiger partial charge in [0.2, 0.25) is 0 Å². The maximum absolute atomic E-state index is 5.27. The lowest BCUT2D eigenvalue weighted by atomic mass is 10.1. The Bertz CT molecular complexity index is 555. The maximum Gasteiger partial charge on any atom is 0.120 e. The van der Waals surface area contributed by atoms with Gasteiger partial charge in [-0.25, -0.2) is 0 Å². The average molecular weight is 258 g/mol. The third-order valence-corrected chi connectivity index (χ3v) is 4.25. The van der Waals surface area contributed by atoms with Crippen LogP contribution in [0.3, 0.4) is 0 Å². The molecule has 1 aromatic heterocycles. The van der Waals surface area contributed by atoms with Gasteiger partial charge in [0.25, 0.3) is 0 Å². The van der Waals surface area contributed by atoms with Gasteiger partial charge in [0.1, 0.15) is 5.75 Å². The van der Waals surface area contributed by atoms with Crippen molar-refractivity contribution in [2.45, 2.75) is 32.2 Å². The Labute approximate surface area is 114 Å². The third-order valence-electron chi connectivity index (χ3n) is 4.25. The number of H-pyrrole nitrogens is 1. The molecule has 3 rings (SSSR count). The number of aromatic amines is 1. The summed E-state index contributed by atoms with van der Waals surface area (Å²) >= 11 is 0. The van der Waals surface area contributed by atoms with Crippen LogP contribution in [0.1, 0.15) is 25.3 Å². The van der Waals surface area contributed by atoms with Gasteiger partial charge in [-0.1, -0.05) is 0 Å². The van der Waals surface area contributed by atoms with Gasteiger partial charge in [0, 0.05) is 29.2 Å².